The molecule has 32 heavy (non-hydrogen) atoms. The summed E-state index contributed by atoms with van der Waals surface area (Å²) < 4.78 is 5.65. The lowest BCUT2D eigenvalue weighted by atomic mass is 9.89. The maximum absolute atomic E-state index is 10.4. The third kappa shape index (κ3) is 5.73. The molecule has 0 bridgehead atoms. The van der Waals surface area contributed by atoms with Crippen molar-refractivity contribution in [2.24, 2.45) is 0 Å². The Morgan fingerprint density at radius 1 is 0.969 bits per heavy atom. The van der Waals surface area contributed by atoms with Gasteiger partial charge in [-0.15, -0.1) is 0 Å². The van der Waals surface area contributed by atoms with Gasteiger partial charge >= 0.3 is 0 Å². The zero-order valence-electron chi connectivity index (χ0n) is 18.3. The van der Waals surface area contributed by atoms with Crippen LogP contribution < -0.4 is 0 Å². The van der Waals surface area contributed by atoms with Crippen molar-refractivity contribution in [2.75, 3.05) is 6.61 Å². The summed E-state index contributed by atoms with van der Waals surface area (Å²) in [4.78, 5) is 0. The first kappa shape index (κ1) is 24.3. The van der Waals surface area contributed by atoms with Crippen LogP contribution in [0.25, 0.3) is 0 Å². The van der Waals surface area contributed by atoms with Crippen LogP contribution in [0.2, 0.25) is 0 Å². The molecule has 172 valence electrons. The molecule has 1 fully saturated rings. The minimum Gasteiger partial charge on any atom is -0.394 e. The van der Waals surface area contributed by atoms with Crippen molar-refractivity contribution < 1.29 is 30.3 Å². The van der Waals surface area contributed by atoms with Crippen molar-refractivity contribution in [3.63, 3.8) is 0 Å². The Morgan fingerprint density at radius 3 is 2.22 bits per heavy atom. The second-order valence-corrected chi connectivity index (χ2v) is 9.08. The minimum absolute atomic E-state index is 0.486. The molecule has 5 atom stereocenters. The van der Waals surface area contributed by atoms with Gasteiger partial charge in [-0.1, -0.05) is 36.4 Å². The highest BCUT2D eigenvalue weighted by molar-refractivity contribution is 5.44. The fourth-order valence-corrected chi connectivity index (χ4v) is 3.92. The van der Waals surface area contributed by atoms with Gasteiger partial charge in [0.05, 0.1) is 23.8 Å². The fraction of sp³-hybridized carbons (Fsp3) is 0.480. The van der Waals surface area contributed by atoms with Gasteiger partial charge in [-0.05, 0) is 61.4 Å². The highest BCUT2D eigenvalue weighted by Crippen LogP contribution is 2.33. The number of nitrogens with zero attached hydrogens (tertiary/aromatic N) is 1. The van der Waals surface area contributed by atoms with Crippen molar-refractivity contribution in [3.05, 3.63) is 70.3 Å². The second-order valence-electron chi connectivity index (χ2n) is 9.08. The molecular formula is C25H31NO6. The third-order valence-corrected chi connectivity index (χ3v) is 5.91. The zero-order valence-corrected chi connectivity index (χ0v) is 18.3. The summed E-state index contributed by atoms with van der Waals surface area (Å²) in [6.07, 6.45) is -4.27. The Hall–Kier alpha value is -2.31. The van der Waals surface area contributed by atoms with Crippen molar-refractivity contribution in [2.45, 2.75) is 69.2 Å². The third-order valence-electron chi connectivity index (χ3n) is 5.91. The maximum atomic E-state index is 10.4. The van der Waals surface area contributed by atoms with Gasteiger partial charge in [0.15, 0.2) is 0 Å². The first-order valence-corrected chi connectivity index (χ1v) is 10.8. The average molecular weight is 442 g/mol. The van der Waals surface area contributed by atoms with E-state index in [1.54, 1.807) is 32.0 Å². The van der Waals surface area contributed by atoms with Crippen molar-refractivity contribution in [1.29, 1.82) is 5.26 Å². The highest BCUT2D eigenvalue weighted by Gasteiger charge is 2.44. The Labute approximate surface area is 188 Å². The molecule has 1 saturated heterocycles. The van der Waals surface area contributed by atoms with Crippen LogP contribution >= 0.6 is 0 Å². The van der Waals surface area contributed by atoms with Crippen LogP contribution in [0, 0.1) is 11.3 Å². The lowest BCUT2D eigenvalue weighted by Gasteiger charge is -2.40. The van der Waals surface area contributed by atoms with Gasteiger partial charge in [-0.2, -0.15) is 5.26 Å². The first-order chi connectivity index (χ1) is 15.1. The molecule has 5 N–H and O–H groups in total. The van der Waals surface area contributed by atoms with E-state index in [0.717, 1.165) is 23.1 Å². The van der Waals surface area contributed by atoms with E-state index in [0.29, 0.717) is 24.0 Å². The molecule has 7 heteroatoms. The standard InChI is InChI=1S/C25H31NO6/c1-25(2,31)10-9-15-3-5-16(6-4-15)11-19-12-17(7-8-18(19)13-26)24-23(30)22(29)21(28)20(14-27)32-24/h3-8,12,20-24,27-31H,9-11,14H2,1-2H3/t20-,21-,22+,23-,24+/m1/s1. The number of hydrogen-bond donors (Lipinski definition) is 5. The SMILES string of the molecule is CC(C)(O)CCc1ccc(Cc2cc([C@@H]3O[C@H](CO)[C@@H](O)[C@H](O)[C@H]3O)ccc2C#N)cc1. The summed E-state index contributed by atoms with van der Waals surface area (Å²) in [6, 6.07) is 15.2. The molecule has 0 aliphatic carbocycles. The quantitative estimate of drug-likeness (QED) is 0.438. The van der Waals surface area contributed by atoms with E-state index in [-0.39, 0.29) is 0 Å². The Balaban J connectivity index is 1.80. The van der Waals surface area contributed by atoms with Crippen LogP contribution in [0.3, 0.4) is 0 Å². The lowest BCUT2D eigenvalue weighted by Crippen LogP contribution is -2.55. The molecular weight excluding hydrogens is 410 g/mol. The van der Waals surface area contributed by atoms with Crippen LogP contribution in [0.5, 0.6) is 0 Å². The molecule has 0 radical (unpaired) electrons. The average Bonchev–Trinajstić information content (AvgIpc) is 2.77. The van der Waals surface area contributed by atoms with E-state index in [2.05, 4.69) is 6.07 Å². The summed E-state index contributed by atoms with van der Waals surface area (Å²) in [5, 5.41) is 59.4. The molecule has 0 saturated carbocycles. The van der Waals surface area contributed by atoms with Crippen LogP contribution in [-0.4, -0.2) is 62.2 Å². The summed E-state index contributed by atoms with van der Waals surface area (Å²) in [6.45, 7) is 3.07. The van der Waals surface area contributed by atoms with Gasteiger partial charge in [0.25, 0.3) is 0 Å². The van der Waals surface area contributed by atoms with E-state index in [1.807, 2.05) is 24.3 Å². The predicted octanol–water partition coefficient (Wildman–Crippen LogP) is 1.37. The molecule has 0 spiro atoms. The summed E-state index contributed by atoms with van der Waals surface area (Å²) >= 11 is 0. The van der Waals surface area contributed by atoms with Gasteiger partial charge in [0.1, 0.15) is 30.5 Å². The molecule has 1 aliphatic heterocycles. The molecule has 7 nitrogen and oxygen atoms in total. The van der Waals surface area contributed by atoms with Gasteiger partial charge < -0.3 is 30.3 Å². The number of hydrogen-bond acceptors (Lipinski definition) is 7. The fourth-order valence-electron chi connectivity index (χ4n) is 3.92. The summed E-state index contributed by atoms with van der Waals surface area (Å²) in [7, 11) is 0. The van der Waals surface area contributed by atoms with Crippen molar-refractivity contribution in [3.8, 4) is 6.07 Å². The Bertz CT molecular complexity index is 944. The number of ether oxygens (including phenoxy) is 1. The van der Waals surface area contributed by atoms with Gasteiger partial charge in [0, 0.05) is 0 Å². The van der Waals surface area contributed by atoms with E-state index >= 15 is 0 Å². The van der Waals surface area contributed by atoms with Crippen molar-refractivity contribution >= 4 is 0 Å². The van der Waals surface area contributed by atoms with Crippen LogP contribution in [-0.2, 0) is 17.6 Å². The van der Waals surface area contributed by atoms with E-state index in [9.17, 15) is 30.8 Å². The van der Waals surface area contributed by atoms with Crippen LogP contribution in [0.1, 0.15) is 54.2 Å². The molecule has 1 aliphatic rings. The molecule has 0 unspecified atom stereocenters. The van der Waals surface area contributed by atoms with E-state index < -0.39 is 42.7 Å². The maximum Gasteiger partial charge on any atom is 0.113 e. The lowest BCUT2D eigenvalue weighted by molar-refractivity contribution is -0.231. The van der Waals surface area contributed by atoms with Gasteiger partial charge in [-0.3, -0.25) is 0 Å². The molecule has 3 rings (SSSR count). The zero-order chi connectivity index (χ0) is 23.5. The van der Waals surface area contributed by atoms with Crippen LogP contribution in [0.4, 0.5) is 0 Å². The van der Waals surface area contributed by atoms with E-state index in [4.69, 9.17) is 4.74 Å². The second kappa shape index (κ2) is 10.1. The normalized spacial score (nSPS) is 26.0. The predicted molar refractivity (Wildman–Crippen MR) is 118 cm³/mol. The number of nitriles is 1. The molecule has 0 amide bonds. The topological polar surface area (TPSA) is 134 Å². The van der Waals surface area contributed by atoms with E-state index in [1.165, 1.54) is 0 Å². The first-order valence-electron chi connectivity index (χ1n) is 10.8. The molecule has 2 aromatic carbocycles. The number of rotatable bonds is 7. The van der Waals surface area contributed by atoms with Gasteiger partial charge in [-0.25, -0.2) is 0 Å². The van der Waals surface area contributed by atoms with Crippen LogP contribution in [0.15, 0.2) is 42.5 Å². The smallest absolute Gasteiger partial charge is 0.113 e. The monoisotopic (exact) mass is 441 g/mol. The molecule has 2 aromatic rings. The van der Waals surface area contributed by atoms with Crippen molar-refractivity contribution in [1.82, 2.24) is 0 Å². The summed E-state index contributed by atoms with van der Waals surface area (Å²) in [5.41, 5.74) is 3.19. The Kier molecular flexibility index (Phi) is 7.67. The Morgan fingerprint density at radius 2 is 1.62 bits per heavy atom. The number of aliphatic hydroxyl groups excluding tert-OH is 4. The number of aryl methyl sites for hydroxylation is 1. The molecule has 0 aromatic heterocycles. The highest BCUT2D eigenvalue weighted by atomic mass is 16.5. The largest absolute Gasteiger partial charge is 0.394 e. The number of benzene rings is 2. The summed E-state index contributed by atoms with van der Waals surface area (Å²) in [5.74, 6) is 0. The van der Waals surface area contributed by atoms with Gasteiger partial charge in [0.2, 0.25) is 0 Å². The number of aliphatic hydroxyl groups is 5. The molecule has 1 heterocycles. The minimum atomic E-state index is -1.46.